The molecular weight excluding hydrogens is 549 g/mol. The van der Waals surface area contributed by atoms with E-state index in [-0.39, 0.29) is 17.9 Å². The summed E-state index contributed by atoms with van der Waals surface area (Å²) in [6.45, 7) is 5.70. The Balaban J connectivity index is 1.99. The second kappa shape index (κ2) is 13.3. The molecule has 3 rings (SSSR count). The second-order valence-electron chi connectivity index (χ2n) is 8.50. The predicted octanol–water partition coefficient (Wildman–Crippen LogP) is 6.35. The van der Waals surface area contributed by atoms with Crippen LogP contribution in [0, 0.1) is 0 Å². The largest absolute Gasteiger partial charge is 0.493 e. The molecule has 2 aromatic rings. The van der Waals surface area contributed by atoms with Crippen LogP contribution in [0.15, 0.2) is 87.8 Å². The Morgan fingerprint density at radius 3 is 2.42 bits per heavy atom. The van der Waals surface area contributed by atoms with Crippen molar-refractivity contribution in [3.63, 3.8) is 0 Å². The van der Waals surface area contributed by atoms with E-state index in [1.807, 2.05) is 0 Å². The summed E-state index contributed by atoms with van der Waals surface area (Å²) < 4.78 is 44.7. The summed E-state index contributed by atoms with van der Waals surface area (Å²) in [6.07, 6.45) is 3.28. The van der Waals surface area contributed by atoms with Crippen molar-refractivity contribution in [3.8, 4) is 11.5 Å². The lowest BCUT2D eigenvalue weighted by molar-refractivity contribution is -0.153. The fraction of sp³-hybridized carbons (Fsp3) is 0.321. The van der Waals surface area contributed by atoms with Crippen LogP contribution in [-0.4, -0.2) is 45.5 Å². The molecule has 0 amide bonds. The van der Waals surface area contributed by atoms with Crippen molar-refractivity contribution >= 4 is 39.2 Å². The third-order valence-corrected chi connectivity index (χ3v) is 9.01. The van der Waals surface area contributed by atoms with Gasteiger partial charge >= 0.3 is 5.97 Å². The highest BCUT2D eigenvalue weighted by Crippen LogP contribution is 2.38. The number of hydrogen-bond acceptors (Lipinski definition) is 6. The Morgan fingerprint density at radius 2 is 1.82 bits per heavy atom. The number of allylic oxidation sites excluding steroid dienone is 4. The van der Waals surface area contributed by atoms with E-state index >= 15 is 0 Å². The van der Waals surface area contributed by atoms with Crippen molar-refractivity contribution < 1.29 is 27.4 Å². The summed E-state index contributed by atoms with van der Waals surface area (Å²) in [5.41, 5.74) is 1.12. The molecule has 0 bridgehead atoms. The summed E-state index contributed by atoms with van der Waals surface area (Å²) in [7, 11) is -0.863. The molecule has 1 aliphatic rings. The maximum atomic E-state index is 13.6. The number of methoxy groups -OCH3 is 2. The second-order valence-corrected chi connectivity index (χ2v) is 11.2. The minimum atomic E-state index is -3.89. The fourth-order valence-electron chi connectivity index (χ4n) is 4.28. The Bertz CT molecular complexity index is 1320. The van der Waals surface area contributed by atoms with Crippen LogP contribution in [0.3, 0.4) is 0 Å². The van der Waals surface area contributed by atoms with Crippen LogP contribution in [0.1, 0.15) is 37.9 Å². The molecule has 0 aromatic heterocycles. The van der Waals surface area contributed by atoms with E-state index in [0.29, 0.717) is 45.5 Å². The fourth-order valence-corrected chi connectivity index (χ4v) is 6.36. The lowest BCUT2D eigenvalue weighted by Gasteiger charge is -2.26. The average molecular weight is 581 g/mol. The first kappa shape index (κ1) is 29.8. The minimum absolute atomic E-state index is 0.118. The average Bonchev–Trinajstić information content (AvgIpc) is 3.45. The Morgan fingerprint density at radius 1 is 1.13 bits per heavy atom. The highest BCUT2D eigenvalue weighted by molar-refractivity contribution is 7.89. The van der Waals surface area contributed by atoms with Gasteiger partial charge in [0.25, 0.3) is 0 Å². The van der Waals surface area contributed by atoms with E-state index < -0.39 is 28.1 Å². The standard InChI is InChI=1S/C28H31Cl2NO6S/c1-5-22(29)21(23(30)6-2)18-26(19-14-15-25(35-3)27(17-19)36-4)37-28(32)24-13-10-16-31(24)38(33,34)20-11-8-7-9-12-20/h5-9,11-12,14-15,17,24,26H,1,10,13,16,18H2,2-4H3/b22-21+,23-6+/t24-,26-/m0/s1. The molecule has 0 saturated carbocycles. The molecule has 1 aliphatic heterocycles. The molecule has 1 heterocycles. The van der Waals surface area contributed by atoms with Gasteiger partial charge in [0.1, 0.15) is 12.1 Å². The zero-order valence-electron chi connectivity index (χ0n) is 21.5. The third-order valence-electron chi connectivity index (χ3n) is 6.26. The van der Waals surface area contributed by atoms with Gasteiger partial charge in [0.15, 0.2) is 11.5 Å². The summed E-state index contributed by atoms with van der Waals surface area (Å²) in [5, 5.41) is 0.689. The summed E-state index contributed by atoms with van der Waals surface area (Å²) in [5.74, 6) is 0.286. The molecule has 1 saturated heterocycles. The number of carbonyl (C=O) groups excluding carboxylic acids is 1. The van der Waals surface area contributed by atoms with Crippen LogP contribution in [0.4, 0.5) is 0 Å². The molecule has 204 valence electrons. The van der Waals surface area contributed by atoms with Gasteiger partial charge in [-0.15, -0.1) is 0 Å². The van der Waals surface area contributed by atoms with Gasteiger partial charge in [-0.05, 0) is 55.2 Å². The number of nitrogens with zero attached hydrogens (tertiary/aromatic N) is 1. The summed E-state index contributed by atoms with van der Waals surface area (Å²) in [4.78, 5) is 13.7. The predicted molar refractivity (Wildman–Crippen MR) is 149 cm³/mol. The molecule has 7 nitrogen and oxygen atoms in total. The van der Waals surface area contributed by atoms with E-state index in [9.17, 15) is 13.2 Å². The van der Waals surface area contributed by atoms with Gasteiger partial charge in [-0.2, -0.15) is 4.31 Å². The first-order valence-corrected chi connectivity index (χ1v) is 14.2. The number of ether oxygens (including phenoxy) is 3. The monoisotopic (exact) mass is 579 g/mol. The van der Waals surface area contributed by atoms with E-state index in [2.05, 4.69) is 6.58 Å². The highest BCUT2D eigenvalue weighted by Gasteiger charge is 2.41. The van der Waals surface area contributed by atoms with Crippen molar-refractivity contribution in [2.24, 2.45) is 0 Å². The van der Waals surface area contributed by atoms with Crippen LogP contribution in [0.25, 0.3) is 0 Å². The number of rotatable bonds is 11. The molecule has 0 N–H and O–H groups in total. The highest BCUT2D eigenvalue weighted by atomic mass is 35.5. The molecule has 38 heavy (non-hydrogen) atoms. The molecular formula is C28H31Cl2NO6S. The SMILES string of the molecule is C=C/C(Cl)=C(C[C@H](OC(=O)[C@@H]1CCCN1S(=O)(=O)c1ccccc1)c1ccc(OC)c(OC)c1)\C(Cl)=C/C. The lowest BCUT2D eigenvalue weighted by atomic mass is 9.99. The molecule has 10 heteroatoms. The molecule has 2 atom stereocenters. The van der Waals surface area contributed by atoms with Gasteiger partial charge in [0.05, 0.1) is 19.1 Å². The van der Waals surface area contributed by atoms with Crippen LogP contribution in [0.2, 0.25) is 0 Å². The lowest BCUT2D eigenvalue weighted by Crippen LogP contribution is -2.41. The van der Waals surface area contributed by atoms with Gasteiger partial charge in [0, 0.05) is 23.0 Å². The van der Waals surface area contributed by atoms with Gasteiger partial charge in [-0.1, -0.05) is 66.2 Å². The maximum Gasteiger partial charge on any atom is 0.325 e. The van der Waals surface area contributed by atoms with Gasteiger partial charge in [-0.25, -0.2) is 8.42 Å². The number of benzene rings is 2. The van der Waals surface area contributed by atoms with Crippen molar-refractivity contribution in [3.05, 3.63) is 88.5 Å². The molecule has 0 radical (unpaired) electrons. The number of carbonyl (C=O) groups is 1. The Kier molecular flexibility index (Phi) is 10.4. The first-order valence-electron chi connectivity index (χ1n) is 12.0. The normalized spacial score (nSPS) is 17.9. The molecule has 0 unspecified atom stereocenters. The van der Waals surface area contributed by atoms with Crippen molar-refractivity contribution in [1.82, 2.24) is 4.31 Å². The van der Waals surface area contributed by atoms with Crippen LogP contribution < -0.4 is 9.47 Å². The zero-order chi connectivity index (χ0) is 27.9. The topological polar surface area (TPSA) is 82.1 Å². The quantitative estimate of drug-likeness (QED) is 0.228. The summed E-state index contributed by atoms with van der Waals surface area (Å²) in [6, 6.07) is 12.2. The van der Waals surface area contributed by atoms with Crippen LogP contribution in [-0.2, 0) is 19.6 Å². The number of sulfonamides is 1. The van der Waals surface area contributed by atoms with E-state index in [1.54, 1.807) is 49.4 Å². The molecule has 0 aliphatic carbocycles. The summed E-state index contributed by atoms with van der Waals surface area (Å²) >= 11 is 12.9. The Hall–Kier alpha value is -2.78. The maximum absolute atomic E-state index is 13.6. The van der Waals surface area contributed by atoms with E-state index in [1.165, 1.54) is 36.7 Å². The number of halogens is 2. The van der Waals surface area contributed by atoms with Gasteiger partial charge in [0.2, 0.25) is 10.0 Å². The van der Waals surface area contributed by atoms with E-state index in [0.717, 1.165) is 0 Å². The van der Waals surface area contributed by atoms with Crippen LogP contribution in [0.5, 0.6) is 11.5 Å². The molecule has 1 fully saturated rings. The van der Waals surface area contributed by atoms with Gasteiger partial charge in [-0.3, -0.25) is 4.79 Å². The van der Waals surface area contributed by atoms with Crippen LogP contribution >= 0.6 is 23.2 Å². The van der Waals surface area contributed by atoms with Gasteiger partial charge < -0.3 is 14.2 Å². The van der Waals surface area contributed by atoms with E-state index in [4.69, 9.17) is 37.4 Å². The minimum Gasteiger partial charge on any atom is -0.493 e. The number of esters is 1. The molecule has 2 aromatic carbocycles. The van der Waals surface area contributed by atoms with Crippen molar-refractivity contribution in [2.75, 3.05) is 20.8 Å². The molecule has 0 spiro atoms. The number of hydrogen-bond donors (Lipinski definition) is 0. The Labute approximate surface area is 234 Å². The zero-order valence-corrected chi connectivity index (χ0v) is 23.9. The first-order chi connectivity index (χ1) is 18.2. The van der Waals surface area contributed by atoms with Crippen molar-refractivity contribution in [2.45, 2.75) is 43.2 Å². The van der Waals surface area contributed by atoms with Crippen molar-refractivity contribution in [1.29, 1.82) is 0 Å². The third kappa shape index (κ3) is 6.61. The smallest absolute Gasteiger partial charge is 0.325 e.